The fraction of sp³-hybridized carbons (Fsp3) is 0.500. The van der Waals surface area contributed by atoms with Crippen LogP contribution in [0.4, 0.5) is 0 Å². The lowest BCUT2D eigenvalue weighted by Crippen LogP contribution is -2.21. The molecule has 2 aromatic heterocycles. The molecule has 0 aromatic carbocycles. The van der Waals surface area contributed by atoms with Crippen LogP contribution in [-0.2, 0) is 13.0 Å². The zero-order valence-corrected chi connectivity index (χ0v) is 12.8. The van der Waals surface area contributed by atoms with E-state index in [1.54, 1.807) is 13.3 Å². The van der Waals surface area contributed by atoms with Crippen LogP contribution < -0.4 is 10.1 Å². The van der Waals surface area contributed by atoms with Crippen LogP contribution in [0.3, 0.4) is 0 Å². The Labute approximate surface area is 118 Å². The van der Waals surface area contributed by atoms with E-state index in [2.05, 4.69) is 36.4 Å². The van der Waals surface area contributed by atoms with Crippen LogP contribution in [0.15, 0.2) is 18.3 Å². The topological polar surface area (TPSA) is 39.1 Å². The lowest BCUT2D eigenvalue weighted by molar-refractivity contribution is 0.401. The van der Waals surface area contributed by atoms with Crippen LogP contribution in [0.5, 0.6) is 5.75 Å². The summed E-state index contributed by atoms with van der Waals surface area (Å²) in [6, 6.07) is 4.52. The van der Waals surface area contributed by atoms with Crippen molar-refractivity contribution in [1.29, 1.82) is 0 Å². The van der Waals surface area contributed by atoms with Gasteiger partial charge >= 0.3 is 0 Å². The van der Waals surface area contributed by atoms with Gasteiger partial charge in [-0.2, -0.15) is 5.10 Å². The normalized spacial score (nSPS) is 12.6. The Hall–Kier alpha value is -1.33. The summed E-state index contributed by atoms with van der Waals surface area (Å²) in [5.74, 6) is 0.840. The number of ether oxygens (including phenoxy) is 1. The fourth-order valence-corrected chi connectivity index (χ4v) is 3.30. The highest BCUT2D eigenvalue weighted by Crippen LogP contribution is 2.33. The van der Waals surface area contributed by atoms with Crippen molar-refractivity contribution in [3.63, 3.8) is 0 Å². The van der Waals surface area contributed by atoms with Gasteiger partial charge in [0, 0.05) is 16.3 Å². The maximum absolute atomic E-state index is 5.45. The van der Waals surface area contributed by atoms with Gasteiger partial charge in [0.25, 0.3) is 0 Å². The van der Waals surface area contributed by atoms with Crippen molar-refractivity contribution in [2.24, 2.45) is 0 Å². The Morgan fingerprint density at radius 1 is 1.42 bits per heavy atom. The SMILES string of the molecule is CCc1ccc(C(NC)c2c(OC)cnn2CC)s1. The van der Waals surface area contributed by atoms with E-state index in [0.29, 0.717) is 0 Å². The third kappa shape index (κ3) is 2.67. The lowest BCUT2D eigenvalue weighted by Gasteiger charge is -2.17. The number of methoxy groups -OCH3 is 1. The number of nitrogens with one attached hydrogen (secondary N) is 1. The molecule has 1 unspecified atom stereocenters. The lowest BCUT2D eigenvalue weighted by atomic mass is 10.1. The first kappa shape index (κ1) is 14.1. The minimum absolute atomic E-state index is 0.127. The Bertz CT molecular complexity index is 511. The monoisotopic (exact) mass is 279 g/mol. The summed E-state index contributed by atoms with van der Waals surface area (Å²) in [4.78, 5) is 2.70. The van der Waals surface area contributed by atoms with Crippen molar-refractivity contribution in [2.45, 2.75) is 32.9 Å². The molecule has 0 radical (unpaired) electrons. The van der Waals surface area contributed by atoms with E-state index in [0.717, 1.165) is 24.4 Å². The van der Waals surface area contributed by atoms with Crippen molar-refractivity contribution in [2.75, 3.05) is 14.2 Å². The average molecular weight is 279 g/mol. The third-order valence-corrected chi connectivity index (χ3v) is 4.54. The largest absolute Gasteiger partial charge is 0.493 e. The number of nitrogens with zero attached hydrogens (tertiary/aromatic N) is 2. The Morgan fingerprint density at radius 2 is 2.21 bits per heavy atom. The summed E-state index contributed by atoms with van der Waals surface area (Å²) in [6.07, 6.45) is 2.86. The number of thiophene rings is 1. The number of rotatable bonds is 6. The molecule has 0 aliphatic rings. The number of hydrogen-bond acceptors (Lipinski definition) is 4. The Balaban J connectivity index is 2.43. The van der Waals surface area contributed by atoms with Crippen molar-refractivity contribution in [3.8, 4) is 5.75 Å². The second-order valence-corrected chi connectivity index (χ2v) is 5.49. The number of aromatic nitrogens is 2. The van der Waals surface area contributed by atoms with E-state index >= 15 is 0 Å². The van der Waals surface area contributed by atoms with Gasteiger partial charge in [0.15, 0.2) is 5.75 Å². The first-order chi connectivity index (χ1) is 9.24. The molecule has 0 amide bonds. The van der Waals surface area contributed by atoms with E-state index in [4.69, 9.17) is 4.74 Å². The highest BCUT2D eigenvalue weighted by Gasteiger charge is 2.23. The zero-order chi connectivity index (χ0) is 13.8. The maximum atomic E-state index is 5.45. The molecule has 0 fully saturated rings. The molecule has 1 N–H and O–H groups in total. The second-order valence-electron chi connectivity index (χ2n) is 4.29. The molecule has 0 saturated heterocycles. The van der Waals surface area contributed by atoms with Gasteiger partial charge < -0.3 is 10.1 Å². The highest BCUT2D eigenvalue weighted by molar-refractivity contribution is 7.12. The summed E-state index contributed by atoms with van der Waals surface area (Å²) in [5, 5.41) is 7.76. The summed E-state index contributed by atoms with van der Waals surface area (Å²) >= 11 is 1.84. The molecular weight excluding hydrogens is 258 g/mol. The molecule has 0 bridgehead atoms. The Morgan fingerprint density at radius 3 is 2.74 bits per heavy atom. The van der Waals surface area contributed by atoms with Crippen molar-refractivity contribution in [1.82, 2.24) is 15.1 Å². The van der Waals surface area contributed by atoms with Crippen LogP contribution in [0, 0.1) is 0 Å². The van der Waals surface area contributed by atoms with Crippen molar-refractivity contribution in [3.05, 3.63) is 33.8 Å². The smallest absolute Gasteiger partial charge is 0.161 e. The molecule has 2 heterocycles. The predicted octanol–water partition coefficient (Wildman–Crippen LogP) is 2.84. The maximum Gasteiger partial charge on any atom is 0.161 e. The minimum Gasteiger partial charge on any atom is -0.493 e. The van der Waals surface area contributed by atoms with Crippen molar-refractivity contribution >= 4 is 11.3 Å². The van der Waals surface area contributed by atoms with E-state index < -0.39 is 0 Å². The van der Waals surface area contributed by atoms with Gasteiger partial charge in [-0.1, -0.05) is 6.92 Å². The molecule has 2 aromatic rings. The molecule has 19 heavy (non-hydrogen) atoms. The number of hydrogen-bond donors (Lipinski definition) is 1. The summed E-state index contributed by atoms with van der Waals surface area (Å²) in [7, 11) is 3.67. The van der Waals surface area contributed by atoms with Gasteiger partial charge in [-0.3, -0.25) is 4.68 Å². The van der Waals surface area contributed by atoms with Gasteiger partial charge in [-0.05, 0) is 32.5 Å². The van der Waals surface area contributed by atoms with Gasteiger partial charge in [0.2, 0.25) is 0 Å². The van der Waals surface area contributed by atoms with Crippen LogP contribution in [0.1, 0.15) is 35.3 Å². The summed E-state index contributed by atoms with van der Waals surface area (Å²) in [6.45, 7) is 5.11. The van der Waals surface area contributed by atoms with E-state index in [9.17, 15) is 0 Å². The molecule has 0 aliphatic heterocycles. The fourth-order valence-electron chi connectivity index (χ4n) is 2.23. The first-order valence-corrected chi connectivity index (χ1v) is 7.42. The van der Waals surface area contributed by atoms with Crippen LogP contribution >= 0.6 is 11.3 Å². The standard InChI is InChI=1S/C14H21N3OS/c1-5-10-7-8-12(19-10)13(15-3)14-11(18-4)9-16-17(14)6-2/h7-9,13,15H,5-6H2,1-4H3. The minimum atomic E-state index is 0.127. The van der Waals surface area contributed by atoms with Crippen LogP contribution in [-0.4, -0.2) is 23.9 Å². The van der Waals surface area contributed by atoms with Gasteiger partial charge in [0.1, 0.15) is 5.69 Å². The molecule has 104 valence electrons. The molecule has 1 atom stereocenters. The van der Waals surface area contributed by atoms with Crippen LogP contribution in [0.25, 0.3) is 0 Å². The number of aryl methyl sites for hydroxylation is 2. The van der Waals surface area contributed by atoms with Gasteiger partial charge in [-0.25, -0.2) is 0 Å². The van der Waals surface area contributed by atoms with E-state index in [1.165, 1.54) is 9.75 Å². The molecule has 2 rings (SSSR count). The molecule has 4 nitrogen and oxygen atoms in total. The molecule has 5 heteroatoms. The van der Waals surface area contributed by atoms with Crippen molar-refractivity contribution < 1.29 is 4.74 Å². The van der Waals surface area contributed by atoms with Gasteiger partial charge in [-0.15, -0.1) is 11.3 Å². The summed E-state index contributed by atoms with van der Waals surface area (Å²) in [5.41, 5.74) is 1.09. The third-order valence-electron chi connectivity index (χ3n) is 3.24. The van der Waals surface area contributed by atoms with Gasteiger partial charge in [0.05, 0.1) is 19.3 Å². The quantitative estimate of drug-likeness (QED) is 0.883. The van der Waals surface area contributed by atoms with E-state index in [-0.39, 0.29) is 6.04 Å². The average Bonchev–Trinajstić information content (AvgIpc) is 3.06. The Kier molecular flexibility index (Phi) is 4.61. The first-order valence-electron chi connectivity index (χ1n) is 6.60. The van der Waals surface area contributed by atoms with Crippen LogP contribution in [0.2, 0.25) is 0 Å². The van der Waals surface area contributed by atoms with E-state index in [1.807, 2.05) is 23.1 Å². The zero-order valence-electron chi connectivity index (χ0n) is 11.9. The summed E-state index contributed by atoms with van der Waals surface area (Å²) < 4.78 is 7.44. The highest BCUT2D eigenvalue weighted by atomic mass is 32.1. The molecular formula is C14H21N3OS. The predicted molar refractivity (Wildman–Crippen MR) is 79.1 cm³/mol. The second kappa shape index (κ2) is 6.21. The molecule has 0 spiro atoms. The molecule has 0 saturated carbocycles. The molecule has 0 aliphatic carbocycles.